The van der Waals surface area contributed by atoms with Crippen LogP contribution in [-0.2, 0) is 6.42 Å². The van der Waals surface area contributed by atoms with Gasteiger partial charge >= 0.3 is 0 Å². The van der Waals surface area contributed by atoms with E-state index < -0.39 is 17.8 Å². The van der Waals surface area contributed by atoms with Crippen LogP contribution < -0.4 is 16.4 Å². The van der Waals surface area contributed by atoms with Crippen LogP contribution in [0, 0.1) is 5.82 Å². The Bertz CT molecular complexity index is 1310. The van der Waals surface area contributed by atoms with Crippen molar-refractivity contribution in [3.8, 4) is 0 Å². The molecule has 1 aromatic carbocycles. The number of anilines is 1. The summed E-state index contributed by atoms with van der Waals surface area (Å²) in [5.74, 6) is -2.63. The number of hydrogen-bond acceptors (Lipinski definition) is 9. The molecule has 2 heterocycles. The van der Waals surface area contributed by atoms with Crippen LogP contribution >= 0.6 is 34.7 Å². The third-order valence-electron chi connectivity index (χ3n) is 6.09. The summed E-state index contributed by atoms with van der Waals surface area (Å²) in [7, 11) is 0. The van der Waals surface area contributed by atoms with E-state index in [1.165, 1.54) is 35.4 Å². The molecule has 0 aliphatic carbocycles. The van der Waals surface area contributed by atoms with Crippen LogP contribution in [0.3, 0.4) is 0 Å². The molecule has 0 radical (unpaired) electrons. The molecule has 1 atom stereocenters. The summed E-state index contributed by atoms with van der Waals surface area (Å²) in [6.07, 6.45) is 4.52. The number of benzene rings is 1. The Labute approximate surface area is 251 Å². The van der Waals surface area contributed by atoms with Crippen LogP contribution in [0.1, 0.15) is 35.0 Å². The van der Waals surface area contributed by atoms with Crippen LogP contribution in [0.4, 0.5) is 18.9 Å². The average Bonchev–Trinajstić information content (AvgIpc) is 3.51. The molecule has 1 saturated heterocycles. The van der Waals surface area contributed by atoms with Gasteiger partial charge in [0, 0.05) is 43.2 Å². The van der Waals surface area contributed by atoms with Gasteiger partial charge in [-0.3, -0.25) is 9.89 Å². The molecule has 1 unspecified atom stereocenters. The topological polar surface area (TPSA) is 98.8 Å². The van der Waals surface area contributed by atoms with Gasteiger partial charge in [0.2, 0.25) is 0 Å². The van der Waals surface area contributed by atoms with Crippen molar-refractivity contribution in [1.82, 2.24) is 15.2 Å². The van der Waals surface area contributed by atoms with Crippen molar-refractivity contribution in [2.75, 3.05) is 37.4 Å². The lowest BCUT2D eigenvalue weighted by Gasteiger charge is -2.15. The molecule has 222 valence electrons. The lowest BCUT2D eigenvalue weighted by Crippen LogP contribution is -2.27. The number of rotatable bonds is 15. The predicted molar refractivity (Wildman–Crippen MR) is 166 cm³/mol. The van der Waals surface area contributed by atoms with Crippen LogP contribution in [-0.4, -0.2) is 59.7 Å². The Kier molecular flexibility index (Phi) is 12.3. The molecule has 0 bridgehead atoms. The highest BCUT2D eigenvalue weighted by atomic mass is 35.5. The first kappa shape index (κ1) is 32.7. The number of halogens is 4. The Morgan fingerprint density at radius 1 is 1.41 bits per heavy atom. The van der Waals surface area contributed by atoms with Crippen LogP contribution in [0.15, 0.2) is 64.8 Å². The van der Waals surface area contributed by atoms with E-state index in [4.69, 9.17) is 17.3 Å². The van der Waals surface area contributed by atoms with E-state index in [-0.39, 0.29) is 13.0 Å². The molecule has 7 nitrogen and oxygen atoms in total. The van der Waals surface area contributed by atoms with Crippen molar-refractivity contribution < 1.29 is 18.3 Å². The summed E-state index contributed by atoms with van der Waals surface area (Å²) < 4.78 is 41.1. The van der Waals surface area contributed by atoms with Crippen molar-refractivity contribution >= 4 is 52.8 Å². The van der Waals surface area contributed by atoms with Crippen molar-refractivity contribution in [1.29, 1.82) is 0 Å². The molecule has 41 heavy (non-hydrogen) atoms. The number of nitrogens with zero attached hydrogens (tertiary/aromatic N) is 3. The van der Waals surface area contributed by atoms with Crippen LogP contribution in [0.25, 0.3) is 5.70 Å². The number of allylic oxidation sites excluding steroid dienone is 1. The van der Waals surface area contributed by atoms with E-state index in [2.05, 4.69) is 33.9 Å². The number of alkyl halides is 2. The fourth-order valence-corrected chi connectivity index (χ4v) is 5.83. The van der Waals surface area contributed by atoms with Gasteiger partial charge in [0.15, 0.2) is 0 Å². The zero-order chi connectivity index (χ0) is 30.0. The van der Waals surface area contributed by atoms with Gasteiger partial charge in [-0.15, -0.1) is 23.1 Å². The Morgan fingerprint density at radius 2 is 2.20 bits per heavy atom. The number of nitrogens with two attached hydrogens (primary N) is 1. The van der Waals surface area contributed by atoms with Gasteiger partial charge in [0.25, 0.3) is 5.92 Å². The second-order valence-electron chi connectivity index (χ2n) is 9.36. The van der Waals surface area contributed by atoms with E-state index in [0.29, 0.717) is 64.7 Å². The number of hydrogen-bond donors (Lipinski definition) is 4. The van der Waals surface area contributed by atoms with Gasteiger partial charge < -0.3 is 21.5 Å². The summed E-state index contributed by atoms with van der Waals surface area (Å²) in [5, 5.41) is 18.9. The molecular formula is C28H34ClF3N6OS2. The maximum Gasteiger partial charge on any atom is 0.261 e. The van der Waals surface area contributed by atoms with E-state index in [9.17, 15) is 18.3 Å². The van der Waals surface area contributed by atoms with E-state index in [1.54, 1.807) is 36.1 Å². The number of aliphatic hydroxyl groups is 1. The molecule has 2 aromatic rings. The molecule has 1 aromatic heterocycles. The minimum atomic E-state index is -2.65. The first-order valence-corrected chi connectivity index (χ1v) is 15.0. The Morgan fingerprint density at radius 3 is 2.83 bits per heavy atom. The smallest absolute Gasteiger partial charge is 0.261 e. The van der Waals surface area contributed by atoms with E-state index >= 15 is 0 Å². The molecule has 3 rings (SSSR count). The predicted octanol–water partition coefficient (Wildman–Crippen LogP) is 6.18. The van der Waals surface area contributed by atoms with Crippen LogP contribution in [0.2, 0.25) is 5.02 Å². The molecular weight excluding hydrogens is 593 g/mol. The Balaban J connectivity index is 1.53. The summed E-state index contributed by atoms with van der Waals surface area (Å²) in [5.41, 5.74) is 8.68. The Hall–Kier alpha value is -2.77. The van der Waals surface area contributed by atoms with Crippen molar-refractivity contribution in [2.45, 2.75) is 31.8 Å². The normalized spacial score (nSPS) is 16.7. The molecule has 0 saturated carbocycles. The fraction of sp³-hybridized carbons (Fsp3) is 0.357. The number of aliphatic hydroxyl groups excluding tert-OH is 1. The van der Waals surface area contributed by atoms with Crippen LogP contribution in [0.5, 0.6) is 0 Å². The number of nitrogens with one attached hydrogen (secondary N) is 2. The summed E-state index contributed by atoms with van der Waals surface area (Å²) in [6.45, 7) is 10.1. The summed E-state index contributed by atoms with van der Waals surface area (Å²) in [6, 6.07) is 4.39. The minimum Gasteiger partial charge on any atom is -0.404 e. The van der Waals surface area contributed by atoms with Gasteiger partial charge in [-0.1, -0.05) is 24.3 Å². The second kappa shape index (κ2) is 15.5. The SMILES string of the molecule is C=N/C(=C\SCNC(=C)/C=C\C(=C/N)CNc1ccc(Cl)cc1F)c1sc(C(C)O)nc1CCN1CCC(F)(F)C1. The molecule has 0 spiro atoms. The zero-order valence-electron chi connectivity index (χ0n) is 22.7. The number of thioether (sulfide) groups is 1. The highest BCUT2D eigenvalue weighted by Gasteiger charge is 2.37. The summed E-state index contributed by atoms with van der Waals surface area (Å²) in [4.78, 5) is 11.2. The monoisotopic (exact) mass is 626 g/mol. The highest BCUT2D eigenvalue weighted by Crippen LogP contribution is 2.33. The molecule has 0 amide bonds. The zero-order valence-corrected chi connectivity index (χ0v) is 25.1. The quantitative estimate of drug-likeness (QED) is 0.0811. The van der Waals surface area contributed by atoms with Gasteiger partial charge in [-0.05, 0) is 55.1 Å². The largest absolute Gasteiger partial charge is 0.404 e. The molecule has 5 N–H and O–H groups in total. The minimum absolute atomic E-state index is 0.135. The van der Waals surface area contributed by atoms with Gasteiger partial charge in [0.05, 0.1) is 34.4 Å². The first-order chi connectivity index (χ1) is 19.5. The number of likely N-dealkylation sites (tertiary alicyclic amines) is 1. The maximum atomic E-state index is 14.0. The van der Waals surface area contributed by atoms with E-state index in [1.807, 2.05) is 5.41 Å². The van der Waals surface area contributed by atoms with Gasteiger partial charge in [-0.25, -0.2) is 18.2 Å². The van der Waals surface area contributed by atoms with E-state index in [0.717, 1.165) is 10.5 Å². The number of aromatic nitrogens is 1. The molecule has 1 aliphatic rings. The standard InChI is InChI=1S/C28H34ClF3N6OS2/c1-18(4-5-20(13-33)14-35-23-7-6-21(29)12-22(23)30)36-17-40-15-25(34-3)26-24(37-27(41-26)19(2)39)8-10-38-11-9-28(31,32)16-38/h4-7,12-13,15,19,35-36,39H,1,3,8-11,14,16-17,33H2,2H3/b5-4-,20-13+,25-15-. The van der Waals surface area contributed by atoms with Gasteiger partial charge in [-0.2, -0.15) is 0 Å². The third kappa shape index (κ3) is 10.2. The van der Waals surface area contributed by atoms with Crippen molar-refractivity contribution in [3.05, 3.63) is 86.2 Å². The van der Waals surface area contributed by atoms with Crippen molar-refractivity contribution in [3.63, 3.8) is 0 Å². The number of thiazole rings is 1. The third-order valence-corrected chi connectivity index (χ3v) is 8.32. The average molecular weight is 627 g/mol. The lowest BCUT2D eigenvalue weighted by molar-refractivity contribution is 0.0123. The maximum absolute atomic E-state index is 14.0. The van der Waals surface area contributed by atoms with Crippen molar-refractivity contribution in [2.24, 2.45) is 10.7 Å². The number of aliphatic imine (C=N–C) groups is 1. The first-order valence-electron chi connectivity index (χ1n) is 12.8. The highest BCUT2D eigenvalue weighted by molar-refractivity contribution is 8.02. The van der Waals surface area contributed by atoms with Gasteiger partial charge in [0.1, 0.15) is 16.9 Å². The molecule has 1 aliphatic heterocycles. The molecule has 1 fully saturated rings. The fourth-order valence-electron chi connectivity index (χ4n) is 3.87. The molecule has 13 heteroatoms. The lowest BCUT2D eigenvalue weighted by atomic mass is 10.2. The summed E-state index contributed by atoms with van der Waals surface area (Å²) >= 11 is 8.54. The second-order valence-corrected chi connectivity index (χ2v) is 11.7.